The van der Waals surface area contributed by atoms with E-state index in [9.17, 15) is 13.0 Å². The summed E-state index contributed by atoms with van der Waals surface area (Å²) in [6.45, 7) is 7.83. The van der Waals surface area contributed by atoms with Crippen LogP contribution in [0.15, 0.2) is 140 Å². The van der Waals surface area contributed by atoms with E-state index in [1.54, 1.807) is 18.2 Å². The lowest BCUT2D eigenvalue weighted by atomic mass is 9.93. The number of hydrogen-bond acceptors (Lipinski definition) is 7. The quantitative estimate of drug-likeness (QED) is 0.0453. The molecule has 4 aromatic rings. The summed E-state index contributed by atoms with van der Waals surface area (Å²) in [6, 6.07) is 39.6. The molecule has 0 spiro atoms. The van der Waals surface area contributed by atoms with Crippen LogP contribution in [0.4, 0.5) is 5.69 Å². The zero-order valence-corrected chi connectivity index (χ0v) is 30.9. The Morgan fingerprint density at radius 3 is 2.06 bits per heavy atom. The average molecular weight is 723 g/mol. The van der Waals surface area contributed by atoms with Crippen molar-refractivity contribution in [3.63, 3.8) is 0 Å². The molecular weight excluding hydrogens is 681 g/mol. The first-order valence-electron chi connectivity index (χ1n) is 17.1. The van der Waals surface area contributed by atoms with Crippen molar-refractivity contribution in [3.05, 3.63) is 127 Å². The van der Waals surface area contributed by atoms with Crippen LogP contribution in [0.25, 0.3) is 33.4 Å². The number of rotatable bonds is 15. The van der Waals surface area contributed by atoms with Crippen molar-refractivity contribution in [2.24, 2.45) is 0 Å². The summed E-state index contributed by atoms with van der Waals surface area (Å²) in [6.07, 6.45) is 1.98. The number of nitrogens with zero attached hydrogens (tertiary/aromatic N) is 2. The molecule has 0 radical (unpaired) electrons. The van der Waals surface area contributed by atoms with Crippen LogP contribution in [0.3, 0.4) is 0 Å². The molecule has 6 nitrogen and oxygen atoms in total. The molecule has 1 aliphatic heterocycles. The normalized spacial score (nSPS) is 12.4. The smallest absolute Gasteiger partial charge is 0.203 e. The van der Waals surface area contributed by atoms with Gasteiger partial charge in [-0.2, -0.15) is 0 Å². The first-order valence-corrected chi connectivity index (χ1v) is 20.5. The third kappa shape index (κ3) is 8.64. The van der Waals surface area contributed by atoms with E-state index in [4.69, 9.17) is 4.42 Å². The Morgan fingerprint density at radius 1 is 0.700 bits per heavy atom. The van der Waals surface area contributed by atoms with Crippen LogP contribution in [-0.4, -0.2) is 50.7 Å². The molecule has 0 fully saturated rings. The molecule has 1 heterocycles. The SMILES string of the molecule is CCCN(CCSc1ccccc1)c1ccc2c(-c3ccccc3S(=O)(=O)[O-])c3ccc(=[N+](CCC)CCSc4ccccc4)cc-3oc2c1. The standard InChI is InChI=1S/C41H42N2O4S3/c1-3-23-42(25-27-48-33-13-7-5-8-14-33)31-19-21-35-38(29-31)47-39-30-32(43(24-4-2)26-28-49-34-15-9-6-10-16-34)20-22-36(39)41(35)37-17-11-12-18-40(37)50(44,45)46/h5-22,29-30H,3-4,23-28H2,1-2H3. The Morgan fingerprint density at radius 2 is 1.38 bits per heavy atom. The summed E-state index contributed by atoms with van der Waals surface area (Å²) < 4.78 is 46.7. The fraction of sp³-hybridized carbons (Fsp3) is 0.244. The maximum Gasteiger partial charge on any atom is 0.203 e. The summed E-state index contributed by atoms with van der Waals surface area (Å²) in [7, 11) is -4.74. The van der Waals surface area contributed by atoms with E-state index >= 15 is 0 Å². The minimum atomic E-state index is -4.74. The number of hydrogen-bond donors (Lipinski definition) is 0. The van der Waals surface area contributed by atoms with Crippen molar-refractivity contribution in [2.75, 3.05) is 42.6 Å². The molecule has 50 heavy (non-hydrogen) atoms. The fourth-order valence-corrected chi connectivity index (χ4v) is 8.78. The summed E-state index contributed by atoms with van der Waals surface area (Å²) in [5.74, 6) is 2.49. The molecule has 0 bridgehead atoms. The maximum absolute atomic E-state index is 12.5. The first kappa shape index (κ1) is 35.8. The van der Waals surface area contributed by atoms with Gasteiger partial charge in [0.1, 0.15) is 28.0 Å². The van der Waals surface area contributed by atoms with Gasteiger partial charge >= 0.3 is 0 Å². The van der Waals surface area contributed by atoms with E-state index in [1.165, 1.54) is 15.9 Å². The minimum absolute atomic E-state index is 0.238. The molecule has 1 aliphatic carbocycles. The van der Waals surface area contributed by atoms with Crippen LogP contribution in [0.2, 0.25) is 0 Å². The lowest BCUT2D eigenvalue weighted by Gasteiger charge is -2.25. The summed E-state index contributed by atoms with van der Waals surface area (Å²) in [5.41, 5.74) is 3.48. The van der Waals surface area contributed by atoms with Gasteiger partial charge in [0, 0.05) is 75.0 Å². The topological polar surface area (TPSA) is 76.6 Å². The molecule has 0 amide bonds. The van der Waals surface area contributed by atoms with Crippen LogP contribution in [0.5, 0.6) is 0 Å². The number of anilines is 1. The molecule has 0 atom stereocenters. The van der Waals surface area contributed by atoms with Crippen LogP contribution >= 0.6 is 23.5 Å². The molecule has 258 valence electrons. The fourth-order valence-electron chi connectivity index (χ4n) is 6.30. The molecule has 0 aromatic heterocycles. The van der Waals surface area contributed by atoms with Crippen molar-refractivity contribution in [1.82, 2.24) is 4.58 Å². The highest BCUT2D eigenvalue weighted by atomic mass is 32.2. The summed E-state index contributed by atoms with van der Waals surface area (Å²) >= 11 is 3.67. The van der Waals surface area contributed by atoms with E-state index in [0.29, 0.717) is 22.5 Å². The van der Waals surface area contributed by atoms with Gasteiger partial charge in [0.25, 0.3) is 0 Å². The van der Waals surface area contributed by atoms with E-state index < -0.39 is 10.1 Å². The largest absolute Gasteiger partial charge is 0.744 e. The lowest BCUT2D eigenvalue weighted by Crippen LogP contribution is -2.32. The second-order valence-electron chi connectivity index (χ2n) is 12.1. The highest BCUT2D eigenvalue weighted by Crippen LogP contribution is 2.43. The molecule has 9 heteroatoms. The van der Waals surface area contributed by atoms with Gasteiger partial charge in [-0.05, 0) is 55.0 Å². The molecular formula is C41H42N2O4S3. The minimum Gasteiger partial charge on any atom is -0.744 e. The van der Waals surface area contributed by atoms with E-state index in [-0.39, 0.29) is 4.90 Å². The van der Waals surface area contributed by atoms with Gasteiger partial charge in [0.2, 0.25) is 5.36 Å². The Bertz CT molecular complexity index is 2190. The van der Waals surface area contributed by atoms with E-state index in [2.05, 4.69) is 96.1 Å². The summed E-state index contributed by atoms with van der Waals surface area (Å²) in [5, 5.41) is 1.79. The monoisotopic (exact) mass is 722 g/mol. The van der Waals surface area contributed by atoms with Crippen LogP contribution in [0, 0.1) is 0 Å². The van der Waals surface area contributed by atoms with Crippen molar-refractivity contribution in [2.45, 2.75) is 41.4 Å². The van der Waals surface area contributed by atoms with Crippen molar-refractivity contribution < 1.29 is 17.4 Å². The highest BCUT2D eigenvalue weighted by molar-refractivity contribution is 7.99. The second kappa shape index (κ2) is 16.8. The van der Waals surface area contributed by atoms with E-state index in [0.717, 1.165) is 72.5 Å². The van der Waals surface area contributed by atoms with E-state index in [1.807, 2.05) is 47.8 Å². The predicted octanol–water partition coefficient (Wildman–Crippen LogP) is 9.09. The van der Waals surface area contributed by atoms with Crippen molar-refractivity contribution in [1.29, 1.82) is 0 Å². The molecule has 6 rings (SSSR count). The van der Waals surface area contributed by atoms with Gasteiger partial charge in [-0.3, -0.25) is 0 Å². The Balaban J connectivity index is 1.46. The molecule has 0 unspecified atom stereocenters. The zero-order chi connectivity index (χ0) is 34.9. The van der Waals surface area contributed by atoms with Gasteiger partial charge in [0.15, 0.2) is 6.54 Å². The highest BCUT2D eigenvalue weighted by Gasteiger charge is 2.23. The van der Waals surface area contributed by atoms with Gasteiger partial charge in [-0.15, -0.1) is 23.5 Å². The Hall–Kier alpha value is -4.02. The van der Waals surface area contributed by atoms with Crippen LogP contribution < -0.4 is 14.8 Å². The number of thioether (sulfide) groups is 2. The third-order valence-corrected chi connectivity index (χ3v) is 11.5. The zero-order valence-electron chi connectivity index (χ0n) is 28.5. The van der Waals surface area contributed by atoms with Crippen LogP contribution in [-0.2, 0) is 10.1 Å². The van der Waals surface area contributed by atoms with Crippen molar-refractivity contribution >= 4 is 50.3 Å². The van der Waals surface area contributed by atoms with Crippen molar-refractivity contribution in [3.8, 4) is 22.5 Å². The van der Waals surface area contributed by atoms with Crippen LogP contribution in [0.1, 0.15) is 26.7 Å². The number of fused-ring (bicyclic) bond motifs is 2. The predicted molar refractivity (Wildman–Crippen MR) is 208 cm³/mol. The van der Waals surface area contributed by atoms with Gasteiger partial charge < -0.3 is 13.9 Å². The third-order valence-electron chi connectivity index (χ3n) is 8.58. The average Bonchev–Trinajstić information content (AvgIpc) is 3.13. The summed E-state index contributed by atoms with van der Waals surface area (Å²) in [4.78, 5) is 4.62. The number of benzene rings is 5. The van der Waals surface area contributed by atoms with Gasteiger partial charge in [-0.25, -0.2) is 13.0 Å². The molecule has 0 N–H and O–H groups in total. The molecule has 2 aliphatic rings. The Kier molecular flexibility index (Phi) is 12.0. The lowest BCUT2D eigenvalue weighted by molar-refractivity contribution is 0.463. The molecule has 4 aromatic carbocycles. The van der Waals surface area contributed by atoms with Gasteiger partial charge in [0.05, 0.1) is 16.7 Å². The second-order valence-corrected chi connectivity index (χ2v) is 15.8. The first-order chi connectivity index (χ1) is 24.4. The maximum atomic E-state index is 12.5. The Labute approximate surface area is 304 Å². The molecule has 0 saturated heterocycles. The van der Waals surface area contributed by atoms with Gasteiger partial charge in [-0.1, -0.05) is 68.4 Å². The molecule has 0 saturated carbocycles.